The summed E-state index contributed by atoms with van der Waals surface area (Å²) in [6.45, 7) is 5.01. The molecule has 2 atom stereocenters. The van der Waals surface area contributed by atoms with Crippen molar-refractivity contribution >= 4 is 0 Å². The van der Waals surface area contributed by atoms with E-state index in [0.717, 1.165) is 17.9 Å². The molecule has 0 saturated carbocycles. The molecule has 0 bridgehead atoms. The standard InChI is InChI=1S/C16H22N4/c1-12(17-3)16-8-7-14(11-20-16)10-19-13(2)15-6-4-5-9-18-15/h4-9,11-13,17,19H,10H2,1-3H3/t12-,13+/m0/s1. The lowest BCUT2D eigenvalue weighted by Crippen LogP contribution is -2.19. The Hall–Kier alpha value is -1.78. The lowest BCUT2D eigenvalue weighted by molar-refractivity contribution is 0.559. The summed E-state index contributed by atoms with van der Waals surface area (Å²) < 4.78 is 0. The number of pyridine rings is 2. The van der Waals surface area contributed by atoms with Crippen LogP contribution in [-0.2, 0) is 6.54 Å². The first kappa shape index (κ1) is 14.6. The zero-order chi connectivity index (χ0) is 14.4. The van der Waals surface area contributed by atoms with Crippen LogP contribution in [0.2, 0.25) is 0 Å². The molecular weight excluding hydrogens is 248 g/mol. The Morgan fingerprint density at radius 1 is 1.00 bits per heavy atom. The van der Waals surface area contributed by atoms with Gasteiger partial charge in [-0.25, -0.2) is 0 Å². The van der Waals surface area contributed by atoms with Gasteiger partial charge in [-0.1, -0.05) is 12.1 Å². The van der Waals surface area contributed by atoms with E-state index in [-0.39, 0.29) is 12.1 Å². The largest absolute Gasteiger partial charge is 0.312 e. The quantitative estimate of drug-likeness (QED) is 0.847. The topological polar surface area (TPSA) is 49.8 Å². The van der Waals surface area contributed by atoms with E-state index in [2.05, 4.69) is 46.6 Å². The third-order valence-electron chi connectivity index (χ3n) is 3.47. The molecule has 2 aromatic heterocycles. The molecule has 2 aromatic rings. The molecule has 0 unspecified atom stereocenters. The van der Waals surface area contributed by atoms with E-state index < -0.39 is 0 Å². The molecule has 0 saturated heterocycles. The third kappa shape index (κ3) is 3.85. The first-order chi connectivity index (χ1) is 9.70. The second-order valence-corrected chi connectivity index (χ2v) is 4.96. The van der Waals surface area contributed by atoms with Crippen LogP contribution >= 0.6 is 0 Å². The number of nitrogens with zero attached hydrogens (tertiary/aromatic N) is 2. The van der Waals surface area contributed by atoms with Crippen molar-refractivity contribution in [3.63, 3.8) is 0 Å². The van der Waals surface area contributed by atoms with Crippen LogP contribution in [0.1, 0.15) is 42.9 Å². The zero-order valence-electron chi connectivity index (χ0n) is 12.3. The number of hydrogen-bond acceptors (Lipinski definition) is 4. The summed E-state index contributed by atoms with van der Waals surface area (Å²) in [6.07, 6.45) is 3.75. The maximum absolute atomic E-state index is 4.48. The Morgan fingerprint density at radius 2 is 1.80 bits per heavy atom. The lowest BCUT2D eigenvalue weighted by atomic mass is 10.1. The van der Waals surface area contributed by atoms with Gasteiger partial charge in [0.25, 0.3) is 0 Å². The molecule has 0 aliphatic carbocycles. The maximum atomic E-state index is 4.48. The molecule has 0 radical (unpaired) electrons. The minimum absolute atomic E-state index is 0.229. The summed E-state index contributed by atoms with van der Waals surface area (Å²) in [5.41, 5.74) is 3.30. The van der Waals surface area contributed by atoms with Crippen molar-refractivity contribution in [3.8, 4) is 0 Å². The molecule has 0 fully saturated rings. The van der Waals surface area contributed by atoms with E-state index in [1.54, 1.807) is 0 Å². The van der Waals surface area contributed by atoms with Crippen LogP contribution in [0.5, 0.6) is 0 Å². The predicted molar refractivity (Wildman–Crippen MR) is 81.2 cm³/mol. The van der Waals surface area contributed by atoms with Gasteiger partial charge in [0.05, 0.1) is 11.4 Å². The SMILES string of the molecule is CN[C@@H](C)c1ccc(CN[C@H](C)c2ccccn2)cn1. The molecule has 20 heavy (non-hydrogen) atoms. The average molecular weight is 270 g/mol. The van der Waals surface area contributed by atoms with Crippen LogP contribution < -0.4 is 10.6 Å². The molecule has 106 valence electrons. The third-order valence-corrected chi connectivity index (χ3v) is 3.47. The van der Waals surface area contributed by atoms with E-state index in [4.69, 9.17) is 0 Å². The van der Waals surface area contributed by atoms with Gasteiger partial charge >= 0.3 is 0 Å². The highest BCUT2D eigenvalue weighted by Gasteiger charge is 2.07. The van der Waals surface area contributed by atoms with E-state index in [1.807, 2.05) is 37.6 Å². The van der Waals surface area contributed by atoms with Crippen molar-refractivity contribution in [1.29, 1.82) is 0 Å². The molecule has 4 heteroatoms. The van der Waals surface area contributed by atoms with Gasteiger partial charge in [-0.15, -0.1) is 0 Å². The molecule has 2 N–H and O–H groups in total. The van der Waals surface area contributed by atoms with Crippen molar-refractivity contribution in [1.82, 2.24) is 20.6 Å². The first-order valence-corrected chi connectivity index (χ1v) is 6.97. The average Bonchev–Trinajstić information content (AvgIpc) is 2.53. The van der Waals surface area contributed by atoms with E-state index in [1.165, 1.54) is 5.56 Å². The normalized spacial score (nSPS) is 13.9. The molecule has 4 nitrogen and oxygen atoms in total. The van der Waals surface area contributed by atoms with Gasteiger partial charge in [0.2, 0.25) is 0 Å². The Bertz CT molecular complexity index is 510. The highest BCUT2D eigenvalue weighted by molar-refractivity contribution is 5.16. The van der Waals surface area contributed by atoms with Gasteiger partial charge in [0.1, 0.15) is 0 Å². The molecule has 2 heterocycles. The summed E-state index contributed by atoms with van der Waals surface area (Å²) in [7, 11) is 1.94. The minimum atomic E-state index is 0.229. The highest BCUT2D eigenvalue weighted by Crippen LogP contribution is 2.11. The minimum Gasteiger partial charge on any atom is -0.312 e. The summed E-state index contributed by atoms with van der Waals surface area (Å²) >= 11 is 0. The molecule has 0 amide bonds. The highest BCUT2D eigenvalue weighted by atomic mass is 14.9. The van der Waals surface area contributed by atoms with Crippen molar-refractivity contribution in [2.24, 2.45) is 0 Å². The van der Waals surface area contributed by atoms with Crippen LogP contribution in [0.4, 0.5) is 0 Å². The number of hydrogen-bond donors (Lipinski definition) is 2. The van der Waals surface area contributed by atoms with Crippen molar-refractivity contribution < 1.29 is 0 Å². The van der Waals surface area contributed by atoms with Crippen LogP contribution in [0.15, 0.2) is 42.7 Å². The summed E-state index contributed by atoms with van der Waals surface area (Å²) in [6, 6.07) is 10.7. The zero-order valence-corrected chi connectivity index (χ0v) is 12.3. The molecule has 0 aliphatic heterocycles. The molecule has 0 aromatic carbocycles. The van der Waals surface area contributed by atoms with Gasteiger partial charge in [0, 0.05) is 31.0 Å². The summed E-state index contributed by atoms with van der Waals surface area (Å²) in [4.78, 5) is 8.83. The lowest BCUT2D eigenvalue weighted by Gasteiger charge is -2.14. The smallest absolute Gasteiger partial charge is 0.0570 e. The van der Waals surface area contributed by atoms with Gasteiger partial charge in [0.15, 0.2) is 0 Å². The van der Waals surface area contributed by atoms with Crippen molar-refractivity contribution in [3.05, 3.63) is 59.7 Å². The molecule has 2 rings (SSSR count). The Labute approximate surface area is 120 Å². The number of aromatic nitrogens is 2. The van der Waals surface area contributed by atoms with Crippen molar-refractivity contribution in [2.45, 2.75) is 32.5 Å². The fraction of sp³-hybridized carbons (Fsp3) is 0.375. The van der Waals surface area contributed by atoms with E-state index >= 15 is 0 Å². The van der Waals surface area contributed by atoms with Crippen LogP contribution in [-0.4, -0.2) is 17.0 Å². The van der Waals surface area contributed by atoms with E-state index in [0.29, 0.717) is 0 Å². The van der Waals surface area contributed by atoms with Gasteiger partial charge in [-0.05, 0) is 44.7 Å². The fourth-order valence-electron chi connectivity index (χ4n) is 1.95. The predicted octanol–water partition coefficient (Wildman–Crippen LogP) is 2.61. The number of rotatable bonds is 6. The maximum Gasteiger partial charge on any atom is 0.0570 e. The second kappa shape index (κ2) is 7.12. The van der Waals surface area contributed by atoms with Crippen LogP contribution in [0, 0.1) is 0 Å². The van der Waals surface area contributed by atoms with Crippen LogP contribution in [0.3, 0.4) is 0 Å². The Kier molecular flexibility index (Phi) is 5.21. The van der Waals surface area contributed by atoms with Gasteiger partial charge < -0.3 is 10.6 Å². The van der Waals surface area contributed by atoms with Crippen molar-refractivity contribution in [2.75, 3.05) is 7.05 Å². The second-order valence-electron chi connectivity index (χ2n) is 4.96. The molecular formula is C16H22N4. The summed E-state index contributed by atoms with van der Waals surface area (Å²) in [5.74, 6) is 0. The fourth-order valence-corrected chi connectivity index (χ4v) is 1.95. The Balaban J connectivity index is 1.91. The summed E-state index contributed by atoms with van der Waals surface area (Å²) in [5, 5.41) is 6.65. The monoisotopic (exact) mass is 270 g/mol. The number of nitrogens with one attached hydrogen (secondary N) is 2. The first-order valence-electron chi connectivity index (χ1n) is 6.97. The Morgan fingerprint density at radius 3 is 2.40 bits per heavy atom. The van der Waals surface area contributed by atoms with Gasteiger partial charge in [-0.3, -0.25) is 9.97 Å². The van der Waals surface area contributed by atoms with Gasteiger partial charge in [-0.2, -0.15) is 0 Å². The van der Waals surface area contributed by atoms with Crippen LogP contribution in [0.25, 0.3) is 0 Å². The van der Waals surface area contributed by atoms with E-state index in [9.17, 15) is 0 Å². The molecule has 0 aliphatic rings. The molecule has 0 spiro atoms.